The van der Waals surface area contributed by atoms with Crippen LogP contribution in [0.1, 0.15) is 33.6 Å². The fourth-order valence-corrected chi connectivity index (χ4v) is 1.64. The zero-order valence-corrected chi connectivity index (χ0v) is 10.3. The molecule has 0 heterocycles. The molecule has 0 spiro atoms. The van der Waals surface area contributed by atoms with Crippen molar-refractivity contribution < 1.29 is 4.39 Å². The Kier molecular flexibility index (Phi) is 4.59. The van der Waals surface area contributed by atoms with Crippen LogP contribution >= 0.6 is 0 Å². The molecule has 0 radical (unpaired) electrons. The molecule has 90 valence electrons. The maximum atomic E-state index is 13.1. The summed E-state index contributed by atoms with van der Waals surface area (Å²) in [6.45, 7) is 6.50. The smallest absolute Gasteiger partial charge is 0.127 e. The van der Waals surface area contributed by atoms with Crippen LogP contribution in [0.2, 0.25) is 0 Å². The van der Waals surface area contributed by atoms with Gasteiger partial charge in [0.15, 0.2) is 0 Å². The Bertz CT molecular complexity index is 316. The molecule has 1 unspecified atom stereocenters. The van der Waals surface area contributed by atoms with Crippen LogP contribution in [0.5, 0.6) is 0 Å². The molecule has 16 heavy (non-hydrogen) atoms. The zero-order valence-electron chi connectivity index (χ0n) is 10.3. The van der Waals surface area contributed by atoms with Gasteiger partial charge in [0.25, 0.3) is 0 Å². The Morgan fingerprint density at radius 3 is 2.44 bits per heavy atom. The number of halogens is 1. The average molecular weight is 224 g/mol. The molecule has 1 aromatic carbocycles. The van der Waals surface area contributed by atoms with Crippen molar-refractivity contribution in [3.8, 4) is 0 Å². The number of rotatable bonds is 5. The van der Waals surface area contributed by atoms with E-state index in [0.717, 1.165) is 12.1 Å². The maximum absolute atomic E-state index is 13.1. The molecule has 2 nitrogen and oxygen atoms in total. The normalized spacial score (nSPS) is 12.8. The summed E-state index contributed by atoms with van der Waals surface area (Å²) < 4.78 is 13.1. The fraction of sp³-hybridized carbons (Fsp3) is 0.538. The molecule has 0 aromatic heterocycles. The summed E-state index contributed by atoms with van der Waals surface area (Å²) in [5.74, 6) is 0.403. The van der Waals surface area contributed by atoms with E-state index >= 15 is 0 Å². The molecule has 0 aliphatic heterocycles. The van der Waals surface area contributed by atoms with E-state index in [9.17, 15) is 4.39 Å². The average Bonchev–Trinajstić information content (AvgIpc) is 2.12. The van der Waals surface area contributed by atoms with E-state index in [4.69, 9.17) is 5.73 Å². The quantitative estimate of drug-likeness (QED) is 0.749. The number of hydrogen-bond acceptors (Lipinski definition) is 2. The number of hydrogen-bond donors (Lipinski definition) is 2. The van der Waals surface area contributed by atoms with Crippen molar-refractivity contribution in [1.29, 1.82) is 0 Å². The van der Waals surface area contributed by atoms with Crippen LogP contribution < -0.4 is 11.1 Å². The number of nitrogen functional groups attached to an aromatic ring is 1. The Hall–Kier alpha value is -1.25. The van der Waals surface area contributed by atoms with Gasteiger partial charge in [0.2, 0.25) is 0 Å². The molecule has 0 amide bonds. The summed E-state index contributed by atoms with van der Waals surface area (Å²) in [6.07, 6.45) is 2.24. The monoisotopic (exact) mass is 224 g/mol. The fourth-order valence-electron chi connectivity index (χ4n) is 1.64. The zero-order chi connectivity index (χ0) is 12.1. The predicted octanol–water partition coefficient (Wildman–Crippen LogP) is 3.64. The summed E-state index contributed by atoms with van der Waals surface area (Å²) in [4.78, 5) is 0. The van der Waals surface area contributed by atoms with Crippen molar-refractivity contribution in [2.24, 2.45) is 5.92 Å². The van der Waals surface area contributed by atoms with Gasteiger partial charge in [-0.2, -0.15) is 0 Å². The predicted molar refractivity (Wildman–Crippen MR) is 68.0 cm³/mol. The molecule has 0 aliphatic rings. The Labute approximate surface area is 97.0 Å². The van der Waals surface area contributed by atoms with E-state index in [1.165, 1.54) is 18.6 Å². The summed E-state index contributed by atoms with van der Waals surface area (Å²) in [7, 11) is 0. The standard InChI is InChI=1S/C13H21FN2/c1-9(2)4-5-10(3)16-13-7-11(14)6-12(15)8-13/h6-10,16H,4-5,15H2,1-3H3. The van der Waals surface area contributed by atoms with Crippen LogP contribution in [0.4, 0.5) is 15.8 Å². The minimum atomic E-state index is -0.293. The highest BCUT2D eigenvalue weighted by Crippen LogP contribution is 2.18. The highest BCUT2D eigenvalue weighted by molar-refractivity contribution is 5.54. The molecule has 1 rings (SSSR count). The number of benzene rings is 1. The van der Waals surface area contributed by atoms with Crippen LogP contribution in [0.15, 0.2) is 18.2 Å². The topological polar surface area (TPSA) is 38.0 Å². The molecule has 1 aromatic rings. The Balaban J connectivity index is 2.52. The van der Waals surface area contributed by atoms with Crippen LogP contribution in [-0.4, -0.2) is 6.04 Å². The first-order valence-corrected chi connectivity index (χ1v) is 5.80. The highest BCUT2D eigenvalue weighted by atomic mass is 19.1. The number of nitrogens with one attached hydrogen (secondary N) is 1. The van der Waals surface area contributed by atoms with Crippen LogP contribution in [0.3, 0.4) is 0 Å². The molecule has 1 atom stereocenters. The van der Waals surface area contributed by atoms with Crippen molar-refractivity contribution in [2.45, 2.75) is 39.7 Å². The number of anilines is 2. The van der Waals surface area contributed by atoms with Crippen molar-refractivity contribution >= 4 is 11.4 Å². The summed E-state index contributed by atoms with van der Waals surface area (Å²) in [5, 5.41) is 3.26. The second kappa shape index (κ2) is 5.73. The van der Waals surface area contributed by atoms with E-state index in [2.05, 4.69) is 26.1 Å². The van der Waals surface area contributed by atoms with Gasteiger partial charge in [0.05, 0.1) is 0 Å². The van der Waals surface area contributed by atoms with Crippen molar-refractivity contribution in [3.63, 3.8) is 0 Å². The third-order valence-electron chi connectivity index (χ3n) is 2.51. The van der Waals surface area contributed by atoms with Gasteiger partial charge in [-0.1, -0.05) is 13.8 Å². The van der Waals surface area contributed by atoms with Gasteiger partial charge in [0, 0.05) is 17.4 Å². The van der Waals surface area contributed by atoms with E-state index in [0.29, 0.717) is 17.6 Å². The molecule has 0 fully saturated rings. The van der Waals surface area contributed by atoms with Gasteiger partial charge in [-0.25, -0.2) is 4.39 Å². The molecule has 3 N–H and O–H groups in total. The second-order valence-corrected chi connectivity index (χ2v) is 4.79. The van der Waals surface area contributed by atoms with E-state index < -0.39 is 0 Å². The minimum absolute atomic E-state index is 0.293. The summed E-state index contributed by atoms with van der Waals surface area (Å²) >= 11 is 0. The third kappa shape index (κ3) is 4.51. The lowest BCUT2D eigenvalue weighted by atomic mass is 10.0. The first-order valence-electron chi connectivity index (χ1n) is 5.80. The van der Waals surface area contributed by atoms with E-state index in [-0.39, 0.29) is 5.82 Å². The minimum Gasteiger partial charge on any atom is -0.399 e. The molecular formula is C13H21FN2. The lowest BCUT2D eigenvalue weighted by Crippen LogP contribution is -2.16. The lowest BCUT2D eigenvalue weighted by Gasteiger charge is -2.16. The van der Waals surface area contributed by atoms with Gasteiger partial charge in [-0.3, -0.25) is 0 Å². The van der Waals surface area contributed by atoms with Crippen molar-refractivity contribution in [3.05, 3.63) is 24.0 Å². The van der Waals surface area contributed by atoms with Gasteiger partial charge >= 0.3 is 0 Å². The molecule has 3 heteroatoms. The van der Waals surface area contributed by atoms with E-state index in [1.54, 1.807) is 6.07 Å². The highest BCUT2D eigenvalue weighted by Gasteiger charge is 2.05. The lowest BCUT2D eigenvalue weighted by molar-refractivity contribution is 0.527. The van der Waals surface area contributed by atoms with Gasteiger partial charge in [-0.05, 0) is 43.9 Å². The summed E-state index contributed by atoms with van der Waals surface area (Å²) in [6, 6.07) is 4.89. The van der Waals surface area contributed by atoms with Crippen molar-refractivity contribution in [2.75, 3.05) is 11.1 Å². The molecule has 0 saturated carbocycles. The molecule has 0 aliphatic carbocycles. The van der Waals surface area contributed by atoms with E-state index in [1.807, 2.05) is 0 Å². The molecule has 0 saturated heterocycles. The van der Waals surface area contributed by atoms with Gasteiger partial charge < -0.3 is 11.1 Å². The van der Waals surface area contributed by atoms with Gasteiger partial charge in [0.1, 0.15) is 5.82 Å². The third-order valence-corrected chi connectivity index (χ3v) is 2.51. The second-order valence-electron chi connectivity index (χ2n) is 4.79. The Morgan fingerprint density at radius 1 is 1.19 bits per heavy atom. The Morgan fingerprint density at radius 2 is 1.88 bits per heavy atom. The largest absolute Gasteiger partial charge is 0.399 e. The maximum Gasteiger partial charge on any atom is 0.127 e. The first kappa shape index (κ1) is 12.8. The molecule has 0 bridgehead atoms. The van der Waals surface area contributed by atoms with Crippen LogP contribution in [-0.2, 0) is 0 Å². The summed E-state index contributed by atoms with van der Waals surface area (Å²) in [5.41, 5.74) is 6.79. The van der Waals surface area contributed by atoms with Gasteiger partial charge in [-0.15, -0.1) is 0 Å². The number of nitrogens with two attached hydrogens (primary N) is 1. The van der Waals surface area contributed by atoms with Crippen LogP contribution in [0.25, 0.3) is 0 Å². The van der Waals surface area contributed by atoms with Crippen LogP contribution in [0, 0.1) is 11.7 Å². The first-order chi connectivity index (χ1) is 7.47. The SMILES string of the molecule is CC(C)CCC(C)Nc1cc(N)cc(F)c1. The molecular weight excluding hydrogens is 203 g/mol. The van der Waals surface area contributed by atoms with Crippen molar-refractivity contribution in [1.82, 2.24) is 0 Å².